The van der Waals surface area contributed by atoms with Crippen LogP contribution in [0.5, 0.6) is 0 Å². The predicted octanol–water partition coefficient (Wildman–Crippen LogP) is 1.81. The Bertz CT molecular complexity index is 173. The molecule has 1 fully saturated rings. The summed E-state index contributed by atoms with van der Waals surface area (Å²) in [7, 11) is 0. The van der Waals surface area contributed by atoms with Gasteiger partial charge in [0.25, 0.3) is 0 Å². The molecule has 1 rings (SSSR count). The SMILES string of the molecule is CCNC(COC(C)C)C1CCOC1C. The zero-order chi connectivity index (χ0) is 11.3. The van der Waals surface area contributed by atoms with E-state index in [-0.39, 0.29) is 0 Å². The first kappa shape index (κ1) is 12.9. The van der Waals surface area contributed by atoms with Crippen LogP contribution in [0.15, 0.2) is 0 Å². The largest absolute Gasteiger partial charge is 0.378 e. The standard InChI is InChI=1S/C12H25NO2/c1-5-13-12(8-15-9(2)3)11-6-7-14-10(11)4/h9-13H,5-8H2,1-4H3. The summed E-state index contributed by atoms with van der Waals surface area (Å²) >= 11 is 0. The van der Waals surface area contributed by atoms with E-state index in [0.717, 1.165) is 26.2 Å². The van der Waals surface area contributed by atoms with Gasteiger partial charge in [0.2, 0.25) is 0 Å². The molecule has 0 aromatic rings. The van der Waals surface area contributed by atoms with E-state index < -0.39 is 0 Å². The zero-order valence-corrected chi connectivity index (χ0v) is 10.5. The van der Waals surface area contributed by atoms with Crippen molar-refractivity contribution >= 4 is 0 Å². The maximum Gasteiger partial charge on any atom is 0.0626 e. The van der Waals surface area contributed by atoms with Crippen LogP contribution in [0.1, 0.15) is 34.1 Å². The van der Waals surface area contributed by atoms with Crippen LogP contribution in [0.3, 0.4) is 0 Å². The van der Waals surface area contributed by atoms with Crippen molar-refractivity contribution in [2.24, 2.45) is 5.92 Å². The normalized spacial score (nSPS) is 28.6. The lowest BCUT2D eigenvalue weighted by molar-refractivity contribution is 0.0322. The van der Waals surface area contributed by atoms with Gasteiger partial charge in [-0.05, 0) is 33.7 Å². The van der Waals surface area contributed by atoms with Crippen molar-refractivity contribution in [1.82, 2.24) is 5.32 Å². The molecule has 3 heteroatoms. The van der Waals surface area contributed by atoms with E-state index in [1.54, 1.807) is 0 Å². The third kappa shape index (κ3) is 4.09. The lowest BCUT2D eigenvalue weighted by Gasteiger charge is -2.27. The number of ether oxygens (including phenoxy) is 2. The molecule has 0 aliphatic carbocycles. The molecular formula is C12H25NO2. The molecule has 3 atom stereocenters. The lowest BCUT2D eigenvalue weighted by atomic mass is 9.94. The highest BCUT2D eigenvalue weighted by Gasteiger charge is 2.31. The van der Waals surface area contributed by atoms with Gasteiger partial charge in [-0.3, -0.25) is 0 Å². The molecule has 0 amide bonds. The van der Waals surface area contributed by atoms with Crippen molar-refractivity contribution in [1.29, 1.82) is 0 Å². The molecule has 0 aromatic carbocycles. The monoisotopic (exact) mass is 215 g/mol. The molecule has 1 saturated heterocycles. The first-order chi connectivity index (χ1) is 7.15. The summed E-state index contributed by atoms with van der Waals surface area (Å²) in [5, 5.41) is 3.51. The Morgan fingerprint density at radius 3 is 2.67 bits per heavy atom. The van der Waals surface area contributed by atoms with Crippen LogP contribution in [0.25, 0.3) is 0 Å². The topological polar surface area (TPSA) is 30.5 Å². The third-order valence-corrected chi connectivity index (χ3v) is 3.03. The third-order valence-electron chi connectivity index (χ3n) is 3.03. The highest BCUT2D eigenvalue weighted by atomic mass is 16.5. The lowest BCUT2D eigenvalue weighted by Crippen LogP contribution is -2.43. The Balaban J connectivity index is 2.41. The molecule has 3 unspecified atom stereocenters. The Kier molecular flexibility index (Phi) is 5.58. The van der Waals surface area contributed by atoms with Crippen LogP contribution in [0.4, 0.5) is 0 Å². The molecule has 15 heavy (non-hydrogen) atoms. The fourth-order valence-corrected chi connectivity index (χ4v) is 2.17. The Hall–Kier alpha value is -0.120. The average Bonchev–Trinajstić information content (AvgIpc) is 2.59. The Morgan fingerprint density at radius 2 is 2.20 bits per heavy atom. The zero-order valence-electron chi connectivity index (χ0n) is 10.5. The maximum absolute atomic E-state index is 5.70. The second-order valence-corrected chi connectivity index (χ2v) is 4.57. The first-order valence-corrected chi connectivity index (χ1v) is 6.11. The summed E-state index contributed by atoms with van der Waals surface area (Å²) < 4.78 is 11.3. The van der Waals surface area contributed by atoms with Crippen LogP contribution in [0, 0.1) is 5.92 Å². The maximum atomic E-state index is 5.70. The molecule has 1 aliphatic heterocycles. The number of rotatable bonds is 6. The van der Waals surface area contributed by atoms with Crippen molar-refractivity contribution in [3.63, 3.8) is 0 Å². The summed E-state index contributed by atoms with van der Waals surface area (Å²) in [6, 6.07) is 0.440. The van der Waals surface area contributed by atoms with Gasteiger partial charge in [-0.25, -0.2) is 0 Å². The summed E-state index contributed by atoms with van der Waals surface area (Å²) in [5.41, 5.74) is 0. The summed E-state index contributed by atoms with van der Waals surface area (Å²) in [6.45, 7) is 11.2. The minimum atomic E-state index is 0.309. The van der Waals surface area contributed by atoms with E-state index >= 15 is 0 Å². The van der Waals surface area contributed by atoms with Crippen LogP contribution < -0.4 is 5.32 Å². The van der Waals surface area contributed by atoms with Crippen LogP contribution in [-0.4, -0.2) is 38.0 Å². The summed E-state index contributed by atoms with van der Waals surface area (Å²) in [5.74, 6) is 0.601. The van der Waals surface area contributed by atoms with Gasteiger partial charge in [0, 0.05) is 18.6 Å². The van der Waals surface area contributed by atoms with E-state index in [9.17, 15) is 0 Å². The second-order valence-electron chi connectivity index (χ2n) is 4.57. The van der Waals surface area contributed by atoms with Crippen molar-refractivity contribution in [3.05, 3.63) is 0 Å². The predicted molar refractivity (Wildman–Crippen MR) is 62.1 cm³/mol. The molecule has 0 radical (unpaired) electrons. The number of hydrogen-bond donors (Lipinski definition) is 1. The first-order valence-electron chi connectivity index (χ1n) is 6.11. The van der Waals surface area contributed by atoms with Gasteiger partial charge in [-0.1, -0.05) is 6.92 Å². The van der Waals surface area contributed by atoms with Crippen LogP contribution in [0.2, 0.25) is 0 Å². The molecule has 0 aromatic heterocycles. The Labute approximate surface area is 93.5 Å². The molecule has 0 spiro atoms. The van der Waals surface area contributed by atoms with Gasteiger partial charge in [0.15, 0.2) is 0 Å². The fraction of sp³-hybridized carbons (Fsp3) is 1.00. The highest BCUT2D eigenvalue weighted by Crippen LogP contribution is 2.24. The van der Waals surface area contributed by atoms with Gasteiger partial charge < -0.3 is 14.8 Å². The van der Waals surface area contributed by atoms with E-state index in [1.807, 2.05) is 0 Å². The molecule has 0 bridgehead atoms. The summed E-state index contributed by atoms with van der Waals surface area (Å²) in [4.78, 5) is 0. The summed E-state index contributed by atoms with van der Waals surface area (Å²) in [6.07, 6.45) is 1.83. The van der Waals surface area contributed by atoms with Crippen LogP contribution in [-0.2, 0) is 9.47 Å². The van der Waals surface area contributed by atoms with Crippen LogP contribution >= 0.6 is 0 Å². The quantitative estimate of drug-likeness (QED) is 0.733. The Morgan fingerprint density at radius 1 is 1.47 bits per heavy atom. The molecule has 0 saturated carbocycles. The van der Waals surface area contributed by atoms with Crippen molar-refractivity contribution in [2.75, 3.05) is 19.8 Å². The van der Waals surface area contributed by atoms with Gasteiger partial charge in [0.1, 0.15) is 0 Å². The van der Waals surface area contributed by atoms with Gasteiger partial charge >= 0.3 is 0 Å². The molecule has 1 aliphatic rings. The van der Waals surface area contributed by atoms with Gasteiger partial charge in [-0.15, -0.1) is 0 Å². The van der Waals surface area contributed by atoms with E-state index in [1.165, 1.54) is 0 Å². The van der Waals surface area contributed by atoms with Crippen molar-refractivity contribution in [3.8, 4) is 0 Å². The molecule has 3 nitrogen and oxygen atoms in total. The van der Waals surface area contributed by atoms with Crippen molar-refractivity contribution < 1.29 is 9.47 Å². The molecule has 90 valence electrons. The molecule has 1 heterocycles. The minimum Gasteiger partial charge on any atom is -0.378 e. The van der Waals surface area contributed by atoms with E-state index in [2.05, 4.69) is 33.0 Å². The number of hydrogen-bond acceptors (Lipinski definition) is 3. The number of nitrogens with one attached hydrogen (secondary N) is 1. The average molecular weight is 215 g/mol. The smallest absolute Gasteiger partial charge is 0.0626 e. The fourth-order valence-electron chi connectivity index (χ4n) is 2.17. The highest BCUT2D eigenvalue weighted by molar-refractivity contribution is 4.84. The minimum absolute atomic E-state index is 0.309. The molecular weight excluding hydrogens is 190 g/mol. The van der Waals surface area contributed by atoms with Gasteiger partial charge in [0.05, 0.1) is 18.8 Å². The van der Waals surface area contributed by atoms with E-state index in [0.29, 0.717) is 24.2 Å². The number of likely N-dealkylation sites (N-methyl/N-ethyl adjacent to an activating group) is 1. The van der Waals surface area contributed by atoms with E-state index in [4.69, 9.17) is 9.47 Å². The van der Waals surface area contributed by atoms with Crippen molar-refractivity contribution in [2.45, 2.75) is 52.4 Å². The molecule has 1 N–H and O–H groups in total. The van der Waals surface area contributed by atoms with Gasteiger partial charge in [-0.2, -0.15) is 0 Å². The second kappa shape index (κ2) is 6.46.